The van der Waals surface area contributed by atoms with Gasteiger partial charge in [-0.25, -0.2) is 4.39 Å². The van der Waals surface area contributed by atoms with Crippen molar-refractivity contribution in [2.24, 2.45) is 0 Å². The number of carbonyl (C=O) groups is 1. The quantitative estimate of drug-likeness (QED) is 0.849. The zero-order chi connectivity index (χ0) is 12.1. The summed E-state index contributed by atoms with van der Waals surface area (Å²) in [5.41, 5.74) is 0.426. The maximum Gasteiger partial charge on any atom is 0.251 e. The summed E-state index contributed by atoms with van der Waals surface area (Å²) in [4.78, 5) is 11.6. The van der Waals surface area contributed by atoms with Crippen molar-refractivity contribution in [2.75, 3.05) is 6.54 Å². The summed E-state index contributed by atoms with van der Waals surface area (Å²) in [6.07, 6.45) is 0.704. The van der Waals surface area contributed by atoms with Crippen LogP contribution in [0.2, 0.25) is 0 Å². The zero-order valence-corrected chi connectivity index (χ0v) is 11.1. The summed E-state index contributed by atoms with van der Waals surface area (Å²) in [5.74, 6) is -0.607. The number of benzene rings is 1. The first-order chi connectivity index (χ1) is 7.50. The van der Waals surface area contributed by atoms with Crippen LogP contribution in [0.4, 0.5) is 4.39 Å². The normalized spacial score (nSPS) is 12.2. The van der Waals surface area contributed by atoms with Crippen LogP contribution in [0.3, 0.4) is 0 Å². The molecule has 1 rings (SSSR count). The molecule has 0 radical (unpaired) electrons. The van der Waals surface area contributed by atoms with Gasteiger partial charge in [0.2, 0.25) is 0 Å². The molecule has 1 unspecified atom stereocenters. The summed E-state index contributed by atoms with van der Waals surface area (Å²) in [7, 11) is 0. The summed E-state index contributed by atoms with van der Waals surface area (Å²) in [5, 5.41) is 2.74. The molecule has 0 fully saturated rings. The molecule has 0 saturated heterocycles. The Bertz CT molecular complexity index is 384. The average Bonchev–Trinajstić information content (AvgIpc) is 2.21. The molecule has 0 bridgehead atoms. The van der Waals surface area contributed by atoms with Crippen molar-refractivity contribution in [2.45, 2.75) is 18.7 Å². The molecule has 16 heavy (non-hydrogen) atoms. The Kier molecular flexibility index (Phi) is 5.22. The second-order valence-electron chi connectivity index (χ2n) is 3.45. The van der Waals surface area contributed by atoms with Crippen molar-refractivity contribution in [1.29, 1.82) is 0 Å². The van der Waals surface area contributed by atoms with E-state index < -0.39 is 0 Å². The highest BCUT2D eigenvalue weighted by Crippen LogP contribution is 2.16. The van der Waals surface area contributed by atoms with Crippen LogP contribution in [-0.4, -0.2) is 17.8 Å². The van der Waals surface area contributed by atoms with Crippen LogP contribution in [0.1, 0.15) is 23.7 Å². The lowest BCUT2D eigenvalue weighted by molar-refractivity contribution is 0.0953. The Morgan fingerprint density at radius 2 is 2.31 bits per heavy atom. The second kappa shape index (κ2) is 6.21. The summed E-state index contributed by atoms with van der Waals surface area (Å²) in [6, 6.07) is 4.15. The van der Waals surface area contributed by atoms with Crippen molar-refractivity contribution >= 4 is 33.4 Å². The van der Waals surface area contributed by atoms with Crippen LogP contribution in [0.5, 0.6) is 0 Å². The lowest BCUT2D eigenvalue weighted by Crippen LogP contribution is -2.25. The first kappa shape index (κ1) is 13.5. The highest BCUT2D eigenvalue weighted by Gasteiger charge is 2.08. The van der Waals surface area contributed by atoms with E-state index in [1.807, 2.05) is 6.92 Å². The molecule has 2 nitrogen and oxygen atoms in total. The van der Waals surface area contributed by atoms with Gasteiger partial charge in [-0.2, -0.15) is 0 Å². The van der Waals surface area contributed by atoms with Crippen molar-refractivity contribution < 1.29 is 9.18 Å². The zero-order valence-electron chi connectivity index (χ0n) is 8.77. The number of nitrogens with one attached hydrogen (secondary N) is 1. The molecule has 0 heterocycles. The van der Waals surface area contributed by atoms with Crippen LogP contribution < -0.4 is 5.32 Å². The van der Waals surface area contributed by atoms with E-state index in [1.54, 1.807) is 0 Å². The van der Waals surface area contributed by atoms with Gasteiger partial charge in [-0.15, -0.1) is 11.6 Å². The highest BCUT2D eigenvalue weighted by molar-refractivity contribution is 9.10. The van der Waals surface area contributed by atoms with E-state index in [0.717, 1.165) is 0 Å². The third-order valence-corrected chi connectivity index (χ3v) is 2.84. The second-order valence-corrected chi connectivity index (χ2v) is 5.05. The molecule has 0 aliphatic heterocycles. The van der Waals surface area contributed by atoms with E-state index in [-0.39, 0.29) is 21.6 Å². The van der Waals surface area contributed by atoms with Crippen molar-refractivity contribution in [3.63, 3.8) is 0 Å². The molecule has 0 aliphatic carbocycles. The summed E-state index contributed by atoms with van der Waals surface area (Å²) >= 11 is 8.77. The highest BCUT2D eigenvalue weighted by atomic mass is 79.9. The molecule has 1 aromatic carbocycles. The Morgan fingerprint density at radius 1 is 1.62 bits per heavy atom. The van der Waals surface area contributed by atoms with E-state index in [1.165, 1.54) is 18.2 Å². The van der Waals surface area contributed by atoms with Gasteiger partial charge in [0, 0.05) is 17.5 Å². The fourth-order valence-electron chi connectivity index (χ4n) is 1.12. The molecule has 5 heteroatoms. The lowest BCUT2D eigenvalue weighted by Gasteiger charge is -2.06. The van der Waals surface area contributed by atoms with Gasteiger partial charge in [0.15, 0.2) is 0 Å². The predicted molar refractivity (Wildman–Crippen MR) is 66.4 cm³/mol. The first-order valence-electron chi connectivity index (χ1n) is 4.88. The minimum absolute atomic E-state index is 0.0280. The van der Waals surface area contributed by atoms with Crippen LogP contribution in [0.25, 0.3) is 0 Å². The molecule has 0 aliphatic rings. The number of halogens is 3. The number of rotatable bonds is 4. The minimum atomic E-state index is -0.383. The molecule has 1 aromatic rings. The Labute approximate surface area is 107 Å². The molecule has 0 spiro atoms. The lowest BCUT2D eigenvalue weighted by atomic mass is 10.2. The van der Waals surface area contributed by atoms with Gasteiger partial charge in [0.25, 0.3) is 5.91 Å². The molecule has 0 aromatic heterocycles. The molecule has 88 valence electrons. The van der Waals surface area contributed by atoms with Gasteiger partial charge < -0.3 is 5.32 Å². The van der Waals surface area contributed by atoms with Crippen LogP contribution in [0.15, 0.2) is 22.7 Å². The predicted octanol–water partition coefficient (Wildman–Crippen LogP) is 3.34. The largest absolute Gasteiger partial charge is 0.352 e. The van der Waals surface area contributed by atoms with Gasteiger partial charge in [-0.3, -0.25) is 4.79 Å². The minimum Gasteiger partial charge on any atom is -0.352 e. The number of carbonyl (C=O) groups excluding carboxylic acids is 1. The summed E-state index contributed by atoms with van der Waals surface area (Å²) < 4.78 is 13.2. The van der Waals surface area contributed by atoms with E-state index >= 15 is 0 Å². The van der Waals surface area contributed by atoms with E-state index in [2.05, 4.69) is 21.2 Å². The van der Waals surface area contributed by atoms with E-state index in [4.69, 9.17) is 11.6 Å². The van der Waals surface area contributed by atoms with Gasteiger partial charge in [-0.1, -0.05) is 0 Å². The van der Waals surface area contributed by atoms with Gasteiger partial charge >= 0.3 is 0 Å². The van der Waals surface area contributed by atoms with Crippen LogP contribution in [-0.2, 0) is 0 Å². The Hall–Kier alpha value is -0.610. The molecule has 0 saturated carbocycles. The summed E-state index contributed by atoms with van der Waals surface area (Å²) in [6.45, 7) is 2.38. The smallest absolute Gasteiger partial charge is 0.251 e. The van der Waals surface area contributed by atoms with Gasteiger partial charge in [0.1, 0.15) is 5.82 Å². The monoisotopic (exact) mass is 307 g/mol. The van der Waals surface area contributed by atoms with E-state index in [9.17, 15) is 9.18 Å². The maximum atomic E-state index is 12.9. The fourth-order valence-corrected chi connectivity index (χ4v) is 1.61. The third-order valence-electron chi connectivity index (χ3n) is 2.01. The van der Waals surface area contributed by atoms with Crippen LogP contribution >= 0.6 is 27.5 Å². The Balaban J connectivity index is 2.56. The molecular formula is C11H12BrClFNO. The number of hydrogen-bond donors (Lipinski definition) is 1. The Morgan fingerprint density at radius 3 is 2.88 bits per heavy atom. The number of amides is 1. The molecular weight excluding hydrogens is 296 g/mol. The van der Waals surface area contributed by atoms with Crippen molar-refractivity contribution in [1.82, 2.24) is 5.32 Å². The standard InChI is InChI=1S/C11H12BrClFNO/c1-7(13)4-5-15-11(16)8-2-3-10(14)9(12)6-8/h2-3,6-7H,4-5H2,1H3,(H,15,16). The van der Waals surface area contributed by atoms with Crippen molar-refractivity contribution in [3.05, 3.63) is 34.1 Å². The van der Waals surface area contributed by atoms with Gasteiger partial charge in [0.05, 0.1) is 4.47 Å². The average molecular weight is 309 g/mol. The van der Waals surface area contributed by atoms with Crippen molar-refractivity contribution in [3.8, 4) is 0 Å². The molecule has 1 N–H and O–H groups in total. The molecule has 1 atom stereocenters. The van der Waals surface area contributed by atoms with E-state index in [0.29, 0.717) is 18.5 Å². The number of hydrogen-bond acceptors (Lipinski definition) is 1. The van der Waals surface area contributed by atoms with Crippen LogP contribution in [0, 0.1) is 5.82 Å². The van der Waals surface area contributed by atoms with Gasteiger partial charge in [-0.05, 0) is 47.5 Å². The molecule has 1 amide bonds. The fraction of sp³-hybridized carbons (Fsp3) is 0.364. The SMILES string of the molecule is CC(Cl)CCNC(=O)c1ccc(F)c(Br)c1. The first-order valence-corrected chi connectivity index (χ1v) is 6.11. The topological polar surface area (TPSA) is 29.1 Å². The third kappa shape index (κ3) is 4.10. The maximum absolute atomic E-state index is 12.9. The number of alkyl halides is 1.